The lowest BCUT2D eigenvalue weighted by Crippen LogP contribution is -2.29. The Kier molecular flexibility index (Phi) is 5.63. The van der Waals surface area contributed by atoms with Gasteiger partial charge in [-0.05, 0) is 36.2 Å². The van der Waals surface area contributed by atoms with Crippen LogP contribution in [0.2, 0.25) is 10.0 Å². The van der Waals surface area contributed by atoms with E-state index in [-0.39, 0.29) is 5.91 Å². The molecule has 0 aliphatic carbocycles. The van der Waals surface area contributed by atoms with Crippen LogP contribution in [-0.4, -0.2) is 36.5 Å². The molecule has 0 saturated carbocycles. The van der Waals surface area contributed by atoms with E-state index in [9.17, 15) is 4.79 Å². The molecule has 1 amide bonds. The maximum atomic E-state index is 12.6. The summed E-state index contributed by atoms with van der Waals surface area (Å²) in [5.74, 6) is 0.155. The van der Waals surface area contributed by atoms with E-state index in [1.807, 2.05) is 12.1 Å². The largest absolute Gasteiger partial charge is 0.494 e. The highest BCUT2D eigenvalue weighted by Gasteiger charge is 2.19. The van der Waals surface area contributed by atoms with Crippen molar-refractivity contribution in [2.45, 2.75) is 6.42 Å². The van der Waals surface area contributed by atoms with E-state index in [1.54, 1.807) is 36.5 Å². The molecule has 0 fully saturated rings. The quantitative estimate of drug-likeness (QED) is 0.834. The van der Waals surface area contributed by atoms with Crippen molar-refractivity contribution < 1.29 is 9.53 Å². The van der Waals surface area contributed by atoms with E-state index in [4.69, 9.17) is 27.9 Å². The average Bonchev–Trinajstić information content (AvgIpc) is 2.52. The number of carbonyl (C=O) groups excluding carboxylic acids is 1. The summed E-state index contributed by atoms with van der Waals surface area (Å²) in [4.78, 5) is 18.2. The number of halogens is 2. The first-order valence-electron chi connectivity index (χ1n) is 6.70. The van der Waals surface area contributed by atoms with E-state index in [2.05, 4.69) is 4.98 Å². The topological polar surface area (TPSA) is 42.4 Å². The number of aromatic nitrogens is 1. The second kappa shape index (κ2) is 7.47. The van der Waals surface area contributed by atoms with Crippen LogP contribution in [0.1, 0.15) is 15.9 Å². The second-order valence-electron chi connectivity index (χ2n) is 4.80. The van der Waals surface area contributed by atoms with Crippen LogP contribution in [0, 0.1) is 0 Å². The van der Waals surface area contributed by atoms with Crippen molar-refractivity contribution in [3.8, 4) is 5.75 Å². The van der Waals surface area contributed by atoms with Gasteiger partial charge < -0.3 is 9.64 Å². The SMILES string of the molecule is COc1c(Cl)cc(Cl)cc1C(=O)N(C)CCc1ccncc1. The maximum absolute atomic E-state index is 12.6. The van der Waals surface area contributed by atoms with Gasteiger partial charge in [0.15, 0.2) is 0 Å². The first kappa shape index (κ1) is 16.6. The molecule has 1 heterocycles. The minimum Gasteiger partial charge on any atom is -0.494 e. The zero-order valence-corrected chi connectivity index (χ0v) is 13.9. The number of nitrogens with zero attached hydrogens (tertiary/aromatic N) is 2. The Morgan fingerprint density at radius 3 is 2.59 bits per heavy atom. The van der Waals surface area contributed by atoms with E-state index in [0.29, 0.717) is 27.9 Å². The zero-order chi connectivity index (χ0) is 16.1. The Balaban J connectivity index is 2.14. The van der Waals surface area contributed by atoms with Gasteiger partial charge in [-0.25, -0.2) is 0 Å². The van der Waals surface area contributed by atoms with Crippen LogP contribution in [0.25, 0.3) is 0 Å². The highest BCUT2D eigenvalue weighted by atomic mass is 35.5. The number of likely N-dealkylation sites (N-methyl/N-ethyl adjacent to an activating group) is 1. The smallest absolute Gasteiger partial charge is 0.257 e. The summed E-state index contributed by atoms with van der Waals surface area (Å²) in [6, 6.07) is 6.97. The monoisotopic (exact) mass is 338 g/mol. The Morgan fingerprint density at radius 2 is 1.95 bits per heavy atom. The van der Waals surface area contributed by atoms with E-state index in [0.717, 1.165) is 12.0 Å². The van der Waals surface area contributed by atoms with E-state index in [1.165, 1.54) is 7.11 Å². The lowest BCUT2D eigenvalue weighted by Gasteiger charge is -2.19. The van der Waals surface area contributed by atoms with Crippen LogP contribution in [0.5, 0.6) is 5.75 Å². The molecule has 0 atom stereocenters. The number of methoxy groups -OCH3 is 1. The Labute approximate surface area is 139 Å². The number of carbonyl (C=O) groups is 1. The number of pyridine rings is 1. The average molecular weight is 339 g/mol. The first-order chi connectivity index (χ1) is 10.5. The number of hydrogen-bond donors (Lipinski definition) is 0. The Hall–Kier alpha value is -1.78. The first-order valence-corrected chi connectivity index (χ1v) is 7.46. The van der Waals surface area contributed by atoms with Crippen LogP contribution in [0.4, 0.5) is 0 Å². The number of ether oxygens (including phenoxy) is 1. The molecule has 1 aromatic carbocycles. The van der Waals surface area contributed by atoms with Gasteiger partial charge in [0.2, 0.25) is 0 Å². The summed E-state index contributed by atoms with van der Waals surface area (Å²) in [6.45, 7) is 0.566. The van der Waals surface area contributed by atoms with Crippen LogP contribution in [-0.2, 0) is 6.42 Å². The maximum Gasteiger partial charge on any atom is 0.257 e. The Bertz CT molecular complexity index is 663. The van der Waals surface area contributed by atoms with Gasteiger partial charge in [0.05, 0.1) is 17.7 Å². The molecule has 0 aliphatic heterocycles. The number of rotatable bonds is 5. The molecule has 0 saturated heterocycles. The molecule has 0 radical (unpaired) electrons. The predicted molar refractivity (Wildman–Crippen MR) is 87.9 cm³/mol. The highest BCUT2D eigenvalue weighted by Crippen LogP contribution is 2.32. The standard InChI is InChI=1S/C16H16Cl2N2O2/c1-20(8-5-11-3-6-19-7-4-11)16(21)13-9-12(17)10-14(18)15(13)22-2/h3-4,6-7,9-10H,5,8H2,1-2H3. The molecule has 116 valence electrons. The minimum absolute atomic E-state index is 0.185. The lowest BCUT2D eigenvalue weighted by molar-refractivity contribution is 0.0793. The molecule has 6 heteroatoms. The second-order valence-corrected chi connectivity index (χ2v) is 5.64. The fourth-order valence-corrected chi connectivity index (χ4v) is 2.65. The van der Waals surface area contributed by atoms with Crippen molar-refractivity contribution >= 4 is 29.1 Å². The van der Waals surface area contributed by atoms with E-state index >= 15 is 0 Å². The zero-order valence-electron chi connectivity index (χ0n) is 12.3. The molecule has 0 unspecified atom stereocenters. The summed E-state index contributed by atoms with van der Waals surface area (Å²) in [5, 5.41) is 0.720. The third-order valence-corrected chi connectivity index (χ3v) is 3.77. The van der Waals surface area contributed by atoms with Gasteiger partial charge in [0.25, 0.3) is 5.91 Å². The summed E-state index contributed by atoms with van der Waals surface area (Å²) >= 11 is 12.1. The summed E-state index contributed by atoms with van der Waals surface area (Å²) in [5.41, 5.74) is 1.47. The molecule has 0 N–H and O–H groups in total. The molecule has 2 rings (SSSR count). The highest BCUT2D eigenvalue weighted by molar-refractivity contribution is 6.36. The van der Waals surface area contributed by atoms with Crippen LogP contribution in [0.3, 0.4) is 0 Å². The van der Waals surface area contributed by atoms with Gasteiger partial charge >= 0.3 is 0 Å². The molecular formula is C16H16Cl2N2O2. The molecule has 4 nitrogen and oxygen atoms in total. The van der Waals surface area contributed by atoms with Gasteiger partial charge in [-0.3, -0.25) is 9.78 Å². The number of benzene rings is 1. The van der Waals surface area contributed by atoms with Gasteiger partial charge in [0, 0.05) is 31.0 Å². The minimum atomic E-state index is -0.185. The van der Waals surface area contributed by atoms with Crippen LogP contribution in [0.15, 0.2) is 36.7 Å². The van der Waals surface area contributed by atoms with Gasteiger partial charge in [-0.1, -0.05) is 23.2 Å². The molecular weight excluding hydrogens is 323 g/mol. The van der Waals surface area contributed by atoms with E-state index < -0.39 is 0 Å². The van der Waals surface area contributed by atoms with Crippen molar-refractivity contribution in [2.75, 3.05) is 20.7 Å². The molecule has 0 aliphatic rings. The third kappa shape index (κ3) is 3.90. The fraction of sp³-hybridized carbons (Fsp3) is 0.250. The lowest BCUT2D eigenvalue weighted by atomic mass is 10.1. The number of hydrogen-bond acceptors (Lipinski definition) is 3. The summed E-state index contributed by atoms with van der Waals surface area (Å²) in [7, 11) is 3.21. The van der Waals surface area contributed by atoms with Gasteiger partial charge in [-0.2, -0.15) is 0 Å². The summed E-state index contributed by atoms with van der Waals surface area (Å²) in [6.07, 6.45) is 4.20. The van der Waals surface area contributed by atoms with Crippen LogP contribution < -0.4 is 4.74 Å². The molecule has 22 heavy (non-hydrogen) atoms. The number of amides is 1. The normalized spacial score (nSPS) is 10.4. The van der Waals surface area contributed by atoms with Crippen molar-refractivity contribution in [1.29, 1.82) is 0 Å². The fourth-order valence-electron chi connectivity index (χ4n) is 2.08. The molecule has 0 spiro atoms. The van der Waals surface area contributed by atoms with Crippen LogP contribution >= 0.6 is 23.2 Å². The Morgan fingerprint density at radius 1 is 1.27 bits per heavy atom. The van der Waals surface area contributed by atoms with Gasteiger partial charge in [-0.15, -0.1) is 0 Å². The molecule has 2 aromatic rings. The van der Waals surface area contributed by atoms with Crippen molar-refractivity contribution in [3.63, 3.8) is 0 Å². The van der Waals surface area contributed by atoms with Crippen molar-refractivity contribution in [2.24, 2.45) is 0 Å². The predicted octanol–water partition coefficient (Wildman–Crippen LogP) is 3.71. The van der Waals surface area contributed by atoms with Crippen molar-refractivity contribution in [1.82, 2.24) is 9.88 Å². The molecule has 0 bridgehead atoms. The molecule has 1 aromatic heterocycles. The third-order valence-electron chi connectivity index (χ3n) is 3.27. The summed E-state index contributed by atoms with van der Waals surface area (Å²) < 4.78 is 5.22. The van der Waals surface area contributed by atoms with Gasteiger partial charge in [0.1, 0.15) is 5.75 Å². The van der Waals surface area contributed by atoms with Crippen molar-refractivity contribution in [3.05, 3.63) is 57.8 Å².